The Hall–Kier alpha value is -0.780. The molecule has 1 N–H and O–H groups in total. The average molecular weight is 253 g/mol. The molecule has 1 aliphatic heterocycles. The molecule has 0 aromatic heterocycles. The third-order valence-electron chi connectivity index (χ3n) is 3.00. The number of hydrogen-bond donors (Lipinski definition) is 1. The summed E-state index contributed by atoms with van der Waals surface area (Å²) >= 11 is 0. The van der Waals surface area contributed by atoms with Crippen LogP contribution in [0.25, 0.3) is 0 Å². The second-order valence-electron chi connectivity index (χ2n) is 4.63. The van der Waals surface area contributed by atoms with Crippen molar-refractivity contribution < 1.29 is 23.1 Å². The van der Waals surface area contributed by atoms with Gasteiger partial charge < -0.3 is 10.0 Å². The molecule has 0 amide bonds. The molecule has 6 heteroatoms. The van der Waals surface area contributed by atoms with Crippen LogP contribution in [0, 0.1) is 5.92 Å². The highest BCUT2D eigenvalue weighted by Gasteiger charge is 2.27. The summed E-state index contributed by atoms with van der Waals surface area (Å²) in [6, 6.07) is 0. The van der Waals surface area contributed by atoms with Crippen LogP contribution in [-0.4, -0.2) is 41.8 Å². The van der Waals surface area contributed by atoms with Crippen LogP contribution in [-0.2, 0) is 4.79 Å². The Labute approximate surface area is 98.6 Å². The zero-order valence-corrected chi connectivity index (χ0v) is 9.67. The normalized spacial score (nSPS) is 22.6. The number of piperidine rings is 1. The molecule has 1 saturated heterocycles. The van der Waals surface area contributed by atoms with Crippen molar-refractivity contribution in [3.63, 3.8) is 0 Å². The Bertz CT molecular complexity index is 256. The van der Waals surface area contributed by atoms with Gasteiger partial charge in [-0.2, -0.15) is 13.2 Å². The van der Waals surface area contributed by atoms with E-state index >= 15 is 0 Å². The van der Waals surface area contributed by atoms with Gasteiger partial charge in [0.25, 0.3) is 0 Å². The van der Waals surface area contributed by atoms with E-state index in [0.29, 0.717) is 13.1 Å². The van der Waals surface area contributed by atoms with Crippen molar-refractivity contribution in [3.05, 3.63) is 0 Å². The van der Waals surface area contributed by atoms with Gasteiger partial charge in [0.1, 0.15) is 0 Å². The summed E-state index contributed by atoms with van der Waals surface area (Å²) < 4.78 is 35.9. The van der Waals surface area contributed by atoms with Crippen LogP contribution in [0.3, 0.4) is 0 Å². The van der Waals surface area contributed by atoms with Crippen LogP contribution in [0.15, 0.2) is 0 Å². The van der Waals surface area contributed by atoms with E-state index in [1.165, 1.54) is 0 Å². The Balaban J connectivity index is 2.23. The predicted octanol–water partition coefficient (Wildman–Crippen LogP) is 2.52. The fraction of sp³-hybridized carbons (Fsp3) is 0.909. The molecule has 100 valence electrons. The van der Waals surface area contributed by atoms with Gasteiger partial charge in [-0.25, -0.2) is 0 Å². The Kier molecular flexibility index (Phi) is 5.24. The number of rotatable bonds is 5. The SMILES string of the molecule is O=C(O)CC1CCCN(CCCC(F)(F)F)C1. The first-order valence-corrected chi connectivity index (χ1v) is 5.88. The van der Waals surface area contributed by atoms with Crippen molar-refractivity contribution in [3.8, 4) is 0 Å². The number of nitrogens with zero attached hydrogens (tertiary/aromatic N) is 1. The van der Waals surface area contributed by atoms with E-state index in [-0.39, 0.29) is 18.8 Å². The first kappa shape index (κ1) is 14.3. The molecule has 1 atom stereocenters. The highest BCUT2D eigenvalue weighted by molar-refractivity contribution is 5.67. The number of halogens is 3. The van der Waals surface area contributed by atoms with Crippen LogP contribution in [0.5, 0.6) is 0 Å². The predicted molar refractivity (Wildman–Crippen MR) is 56.7 cm³/mol. The molecule has 1 unspecified atom stereocenters. The number of carboxylic acid groups (broad SMARTS) is 1. The second-order valence-corrected chi connectivity index (χ2v) is 4.63. The van der Waals surface area contributed by atoms with Crippen molar-refractivity contribution in [2.75, 3.05) is 19.6 Å². The summed E-state index contributed by atoms with van der Waals surface area (Å²) in [4.78, 5) is 12.5. The molecule has 0 aliphatic carbocycles. The molecule has 0 bridgehead atoms. The first-order valence-electron chi connectivity index (χ1n) is 5.88. The minimum absolute atomic E-state index is 0.0899. The van der Waals surface area contributed by atoms with Crippen molar-refractivity contribution in [2.45, 2.75) is 38.3 Å². The number of carboxylic acids is 1. The van der Waals surface area contributed by atoms with Gasteiger partial charge in [-0.3, -0.25) is 4.79 Å². The topological polar surface area (TPSA) is 40.5 Å². The molecular formula is C11H18F3NO2. The van der Waals surface area contributed by atoms with Gasteiger partial charge in [0, 0.05) is 19.4 Å². The average Bonchev–Trinajstić information content (AvgIpc) is 2.15. The minimum Gasteiger partial charge on any atom is -0.481 e. The summed E-state index contributed by atoms with van der Waals surface area (Å²) in [6.45, 7) is 1.81. The van der Waals surface area contributed by atoms with Gasteiger partial charge in [-0.15, -0.1) is 0 Å². The molecule has 1 heterocycles. The Morgan fingerprint density at radius 1 is 1.41 bits per heavy atom. The molecule has 0 aromatic rings. The molecule has 1 fully saturated rings. The Morgan fingerprint density at radius 3 is 2.71 bits per heavy atom. The van der Waals surface area contributed by atoms with Crippen LogP contribution >= 0.6 is 0 Å². The molecule has 3 nitrogen and oxygen atoms in total. The quantitative estimate of drug-likeness (QED) is 0.818. The first-order chi connectivity index (χ1) is 7.87. The molecule has 0 spiro atoms. The monoisotopic (exact) mass is 253 g/mol. The number of likely N-dealkylation sites (tertiary alicyclic amines) is 1. The fourth-order valence-corrected chi connectivity index (χ4v) is 2.27. The van der Waals surface area contributed by atoms with E-state index in [1.807, 2.05) is 4.90 Å². The lowest BCUT2D eigenvalue weighted by atomic mass is 9.95. The van der Waals surface area contributed by atoms with Crippen LogP contribution in [0.2, 0.25) is 0 Å². The molecule has 1 rings (SSSR count). The highest BCUT2D eigenvalue weighted by atomic mass is 19.4. The molecular weight excluding hydrogens is 235 g/mol. The van der Waals surface area contributed by atoms with E-state index < -0.39 is 18.6 Å². The number of hydrogen-bond acceptors (Lipinski definition) is 2. The van der Waals surface area contributed by atoms with Gasteiger partial charge in [-0.1, -0.05) is 0 Å². The smallest absolute Gasteiger partial charge is 0.389 e. The minimum atomic E-state index is -4.09. The van der Waals surface area contributed by atoms with E-state index in [0.717, 1.165) is 19.4 Å². The van der Waals surface area contributed by atoms with E-state index in [2.05, 4.69) is 0 Å². The number of alkyl halides is 3. The van der Waals surface area contributed by atoms with Crippen molar-refractivity contribution in [2.24, 2.45) is 5.92 Å². The number of aliphatic carboxylic acids is 1. The highest BCUT2D eigenvalue weighted by Crippen LogP contribution is 2.23. The van der Waals surface area contributed by atoms with E-state index in [4.69, 9.17) is 5.11 Å². The fourth-order valence-electron chi connectivity index (χ4n) is 2.27. The Morgan fingerprint density at radius 2 is 2.12 bits per heavy atom. The van der Waals surface area contributed by atoms with Crippen LogP contribution in [0.4, 0.5) is 13.2 Å². The molecule has 1 aliphatic rings. The van der Waals surface area contributed by atoms with Gasteiger partial charge in [0.05, 0.1) is 0 Å². The van der Waals surface area contributed by atoms with E-state index in [1.54, 1.807) is 0 Å². The largest absolute Gasteiger partial charge is 0.481 e. The summed E-state index contributed by atoms with van der Waals surface area (Å²) in [5, 5.41) is 8.67. The van der Waals surface area contributed by atoms with Gasteiger partial charge in [0.15, 0.2) is 0 Å². The van der Waals surface area contributed by atoms with Crippen LogP contribution in [0.1, 0.15) is 32.1 Å². The third kappa shape index (κ3) is 6.51. The zero-order chi connectivity index (χ0) is 12.9. The molecule has 0 radical (unpaired) electrons. The number of carbonyl (C=O) groups is 1. The zero-order valence-electron chi connectivity index (χ0n) is 9.67. The molecule has 0 saturated carbocycles. The van der Waals surface area contributed by atoms with Gasteiger partial charge >= 0.3 is 12.1 Å². The van der Waals surface area contributed by atoms with Gasteiger partial charge in [0.2, 0.25) is 0 Å². The van der Waals surface area contributed by atoms with Crippen molar-refractivity contribution in [1.29, 1.82) is 0 Å². The van der Waals surface area contributed by atoms with Gasteiger partial charge in [-0.05, 0) is 38.3 Å². The lowest BCUT2D eigenvalue weighted by Gasteiger charge is -2.32. The summed E-state index contributed by atoms with van der Waals surface area (Å²) in [5.41, 5.74) is 0. The maximum Gasteiger partial charge on any atom is 0.389 e. The lowest BCUT2D eigenvalue weighted by molar-refractivity contribution is -0.138. The van der Waals surface area contributed by atoms with Crippen molar-refractivity contribution in [1.82, 2.24) is 4.90 Å². The summed E-state index contributed by atoms with van der Waals surface area (Å²) in [5.74, 6) is -0.737. The summed E-state index contributed by atoms with van der Waals surface area (Å²) in [6.07, 6.45) is -2.88. The maximum absolute atomic E-state index is 12.0. The van der Waals surface area contributed by atoms with Crippen molar-refractivity contribution >= 4 is 5.97 Å². The third-order valence-corrected chi connectivity index (χ3v) is 3.00. The second kappa shape index (κ2) is 6.23. The molecule has 17 heavy (non-hydrogen) atoms. The summed E-state index contributed by atoms with van der Waals surface area (Å²) in [7, 11) is 0. The lowest BCUT2D eigenvalue weighted by Crippen LogP contribution is -2.37. The standard InChI is InChI=1S/C11H18F3NO2/c12-11(13,14)4-2-6-15-5-1-3-9(8-15)7-10(16)17/h9H,1-8H2,(H,16,17). The molecule has 0 aromatic carbocycles. The van der Waals surface area contributed by atoms with Crippen LogP contribution < -0.4 is 0 Å². The van der Waals surface area contributed by atoms with E-state index in [9.17, 15) is 18.0 Å². The maximum atomic E-state index is 12.0.